The van der Waals surface area contributed by atoms with E-state index in [1.165, 1.54) is 16.7 Å². The van der Waals surface area contributed by atoms with Crippen molar-refractivity contribution in [2.75, 3.05) is 0 Å². The first-order valence-electron chi connectivity index (χ1n) is 5.83. The predicted molar refractivity (Wildman–Crippen MR) is 74.7 cm³/mol. The zero-order chi connectivity index (χ0) is 12.4. The number of hydrogen-bond donors (Lipinski definition) is 0. The Labute approximate surface area is 111 Å². The van der Waals surface area contributed by atoms with Crippen molar-refractivity contribution in [1.29, 1.82) is 0 Å². The lowest BCUT2D eigenvalue weighted by atomic mass is 10.0. The van der Waals surface area contributed by atoms with Gasteiger partial charge in [0, 0.05) is 0 Å². The van der Waals surface area contributed by atoms with E-state index >= 15 is 0 Å². The van der Waals surface area contributed by atoms with Gasteiger partial charge in [0.05, 0.1) is 4.83 Å². The summed E-state index contributed by atoms with van der Waals surface area (Å²) < 4.78 is 5.64. The van der Waals surface area contributed by atoms with Crippen molar-refractivity contribution in [1.82, 2.24) is 0 Å². The van der Waals surface area contributed by atoms with Gasteiger partial charge in [-0.05, 0) is 50.5 Å². The van der Waals surface area contributed by atoms with Crippen molar-refractivity contribution in [2.24, 2.45) is 0 Å². The van der Waals surface area contributed by atoms with Crippen molar-refractivity contribution in [3.63, 3.8) is 0 Å². The predicted octanol–water partition coefficient (Wildman–Crippen LogP) is 4.88. The number of furan rings is 1. The van der Waals surface area contributed by atoms with E-state index in [-0.39, 0.29) is 4.83 Å². The highest BCUT2D eigenvalue weighted by atomic mass is 79.9. The number of rotatable bonds is 3. The zero-order valence-electron chi connectivity index (χ0n) is 10.5. The van der Waals surface area contributed by atoms with Gasteiger partial charge in [-0.3, -0.25) is 0 Å². The van der Waals surface area contributed by atoms with Crippen LogP contribution in [0.5, 0.6) is 0 Å². The summed E-state index contributed by atoms with van der Waals surface area (Å²) in [5.74, 6) is 1.97. The molecule has 0 aliphatic rings. The summed E-state index contributed by atoms with van der Waals surface area (Å²) in [6.45, 7) is 6.26. The largest absolute Gasteiger partial charge is 0.465 e. The molecular weight excluding hydrogens is 276 g/mol. The monoisotopic (exact) mass is 292 g/mol. The van der Waals surface area contributed by atoms with E-state index in [1.54, 1.807) is 0 Å². The van der Waals surface area contributed by atoms with Gasteiger partial charge in [-0.1, -0.05) is 39.7 Å². The number of aryl methyl sites for hydroxylation is 3. The van der Waals surface area contributed by atoms with Crippen LogP contribution >= 0.6 is 15.9 Å². The number of hydrogen-bond acceptors (Lipinski definition) is 1. The van der Waals surface area contributed by atoms with Crippen LogP contribution in [0.4, 0.5) is 0 Å². The van der Waals surface area contributed by atoms with Crippen LogP contribution in [0.2, 0.25) is 0 Å². The molecule has 1 atom stereocenters. The van der Waals surface area contributed by atoms with E-state index in [4.69, 9.17) is 4.42 Å². The summed E-state index contributed by atoms with van der Waals surface area (Å²) in [4.78, 5) is 0.247. The molecule has 0 saturated heterocycles. The molecular formula is C15H17BrO. The standard InChI is InChI=1S/C15H17BrO/c1-10-4-5-11(2)13(8-10)9-14(16)15-7-6-12(3)17-15/h4-8,14H,9H2,1-3H3. The quantitative estimate of drug-likeness (QED) is 0.735. The summed E-state index contributed by atoms with van der Waals surface area (Å²) >= 11 is 3.70. The molecule has 2 heteroatoms. The molecule has 0 bridgehead atoms. The molecule has 0 saturated carbocycles. The number of benzene rings is 1. The fourth-order valence-corrected chi connectivity index (χ4v) is 2.53. The number of halogens is 1. The van der Waals surface area contributed by atoms with Crippen molar-refractivity contribution < 1.29 is 4.42 Å². The molecule has 0 fully saturated rings. The molecule has 2 rings (SSSR count). The molecule has 0 spiro atoms. The Hall–Kier alpha value is -1.02. The molecule has 90 valence electrons. The van der Waals surface area contributed by atoms with Crippen molar-refractivity contribution in [2.45, 2.75) is 32.0 Å². The normalized spacial score (nSPS) is 12.7. The molecule has 0 aliphatic carbocycles. The highest BCUT2D eigenvalue weighted by Gasteiger charge is 2.13. The maximum absolute atomic E-state index is 5.64. The molecule has 0 aliphatic heterocycles. The lowest BCUT2D eigenvalue weighted by Gasteiger charge is -2.10. The average molecular weight is 293 g/mol. The lowest BCUT2D eigenvalue weighted by molar-refractivity contribution is 0.481. The van der Waals surface area contributed by atoms with Gasteiger partial charge in [-0.2, -0.15) is 0 Å². The lowest BCUT2D eigenvalue weighted by Crippen LogP contribution is -1.97. The van der Waals surface area contributed by atoms with Crippen LogP contribution in [-0.2, 0) is 6.42 Å². The topological polar surface area (TPSA) is 13.1 Å². The Morgan fingerprint density at radius 2 is 1.88 bits per heavy atom. The fraction of sp³-hybridized carbons (Fsp3) is 0.333. The van der Waals surface area contributed by atoms with Crippen molar-refractivity contribution in [3.05, 3.63) is 58.5 Å². The third-order valence-electron chi connectivity index (χ3n) is 2.97. The minimum absolute atomic E-state index is 0.247. The third kappa shape index (κ3) is 3.01. The molecule has 1 nitrogen and oxygen atoms in total. The highest BCUT2D eigenvalue weighted by molar-refractivity contribution is 9.09. The Morgan fingerprint density at radius 1 is 1.12 bits per heavy atom. The molecule has 0 amide bonds. The molecule has 2 aromatic rings. The van der Waals surface area contributed by atoms with Crippen LogP contribution in [0.3, 0.4) is 0 Å². The molecule has 0 radical (unpaired) electrons. The van der Waals surface area contributed by atoms with Crippen LogP contribution in [0.1, 0.15) is 33.0 Å². The van der Waals surface area contributed by atoms with Crippen molar-refractivity contribution in [3.8, 4) is 0 Å². The maximum Gasteiger partial charge on any atom is 0.118 e. The van der Waals surface area contributed by atoms with E-state index in [9.17, 15) is 0 Å². The second-order valence-corrected chi connectivity index (χ2v) is 5.66. The zero-order valence-corrected chi connectivity index (χ0v) is 12.0. The summed E-state index contributed by atoms with van der Waals surface area (Å²) in [6.07, 6.45) is 0.959. The minimum atomic E-state index is 0.247. The van der Waals surface area contributed by atoms with Crippen LogP contribution in [-0.4, -0.2) is 0 Å². The van der Waals surface area contributed by atoms with Gasteiger partial charge in [0.2, 0.25) is 0 Å². The van der Waals surface area contributed by atoms with Gasteiger partial charge in [0.25, 0.3) is 0 Å². The van der Waals surface area contributed by atoms with Crippen LogP contribution in [0.25, 0.3) is 0 Å². The van der Waals surface area contributed by atoms with Gasteiger partial charge < -0.3 is 4.42 Å². The van der Waals surface area contributed by atoms with E-state index in [0.29, 0.717) is 0 Å². The fourth-order valence-electron chi connectivity index (χ4n) is 1.94. The van der Waals surface area contributed by atoms with Gasteiger partial charge in [-0.25, -0.2) is 0 Å². The second-order valence-electron chi connectivity index (χ2n) is 4.55. The van der Waals surface area contributed by atoms with E-state index < -0.39 is 0 Å². The first-order valence-corrected chi connectivity index (χ1v) is 6.74. The molecule has 1 heterocycles. The Kier molecular flexibility index (Phi) is 3.72. The SMILES string of the molecule is Cc1ccc(C)c(CC(Br)c2ccc(C)o2)c1. The van der Waals surface area contributed by atoms with E-state index in [2.05, 4.69) is 48.0 Å². The summed E-state index contributed by atoms with van der Waals surface area (Å²) in [5.41, 5.74) is 4.02. The van der Waals surface area contributed by atoms with Crippen LogP contribution in [0.15, 0.2) is 34.7 Å². The van der Waals surface area contributed by atoms with Gasteiger partial charge in [-0.15, -0.1) is 0 Å². The van der Waals surface area contributed by atoms with Crippen molar-refractivity contribution >= 4 is 15.9 Å². The molecule has 1 aromatic heterocycles. The second kappa shape index (κ2) is 5.09. The smallest absolute Gasteiger partial charge is 0.118 e. The Balaban J connectivity index is 2.18. The summed E-state index contributed by atoms with van der Waals surface area (Å²) in [6, 6.07) is 10.6. The molecule has 1 aromatic carbocycles. The van der Waals surface area contributed by atoms with Gasteiger partial charge >= 0.3 is 0 Å². The minimum Gasteiger partial charge on any atom is -0.465 e. The average Bonchev–Trinajstić information content (AvgIpc) is 2.70. The van der Waals surface area contributed by atoms with E-state index in [1.807, 2.05) is 19.1 Å². The Bertz CT molecular complexity index is 513. The third-order valence-corrected chi connectivity index (χ3v) is 3.75. The van der Waals surface area contributed by atoms with Crippen LogP contribution < -0.4 is 0 Å². The first-order chi connectivity index (χ1) is 8.06. The van der Waals surface area contributed by atoms with E-state index in [0.717, 1.165) is 17.9 Å². The summed E-state index contributed by atoms with van der Waals surface area (Å²) in [5, 5.41) is 0. The summed E-state index contributed by atoms with van der Waals surface area (Å²) in [7, 11) is 0. The molecule has 1 unspecified atom stereocenters. The maximum atomic E-state index is 5.64. The van der Waals surface area contributed by atoms with Gasteiger partial charge in [0.1, 0.15) is 11.5 Å². The highest BCUT2D eigenvalue weighted by Crippen LogP contribution is 2.29. The Morgan fingerprint density at radius 3 is 2.53 bits per heavy atom. The molecule has 0 N–H and O–H groups in total. The van der Waals surface area contributed by atoms with Gasteiger partial charge in [0.15, 0.2) is 0 Å². The van der Waals surface area contributed by atoms with Crippen LogP contribution in [0, 0.1) is 20.8 Å². The molecule has 17 heavy (non-hydrogen) atoms. The number of alkyl halides is 1. The first kappa shape index (κ1) is 12.4.